The van der Waals surface area contributed by atoms with E-state index in [1.807, 2.05) is 23.9 Å². The Balaban J connectivity index is 1.79. The van der Waals surface area contributed by atoms with Crippen LogP contribution in [0.1, 0.15) is 22.9 Å². The maximum absolute atomic E-state index is 5.43. The number of rotatable bonds is 4. The first-order valence-corrected chi connectivity index (χ1v) is 6.52. The second kappa shape index (κ2) is 5.19. The van der Waals surface area contributed by atoms with Gasteiger partial charge in [-0.2, -0.15) is 5.10 Å². The Labute approximate surface area is 112 Å². The van der Waals surface area contributed by atoms with Crippen molar-refractivity contribution in [2.24, 2.45) is 7.05 Å². The fraction of sp³-hybridized carbons (Fsp3) is 0.500. The molecule has 102 valence electrons. The monoisotopic (exact) mass is 261 g/mol. The second-order valence-corrected chi connectivity index (χ2v) is 5.11. The maximum Gasteiger partial charge on any atom is 0.117 e. The van der Waals surface area contributed by atoms with Crippen molar-refractivity contribution in [2.45, 2.75) is 19.0 Å². The molecule has 5 heteroatoms. The number of fused-ring (bicyclic) bond motifs is 1. The summed E-state index contributed by atoms with van der Waals surface area (Å²) in [4.78, 5) is 2.36. The summed E-state index contributed by atoms with van der Waals surface area (Å²) >= 11 is 0. The molecule has 1 unspecified atom stereocenters. The van der Waals surface area contributed by atoms with Crippen LogP contribution in [0.3, 0.4) is 0 Å². The highest BCUT2D eigenvalue weighted by Gasteiger charge is 2.28. The van der Waals surface area contributed by atoms with E-state index in [4.69, 9.17) is 9.15 Å². The lowest BCUT2D eigenvalue weighted by atomic mass is 9.95. The Kier molecular flexibility index (Phi) is 3.40. The van der Waals surface area contributed by atoms with Crippen molar-refractivity contribution in [1.82, 2.24) is 14.7 Å². The third-order valence-corrected chi connectivity index (χ3v) is 3.56. The van der Waals surface area contributed by atoms with Gasteiger partial charge in [0, 0.05) is 44.9 Å². The van der Waals surface area contributed by atoms with Crippen molar-refractivity contribution in [3.63, 3.8) is 0 Å². The third kappa shape index (κ3) is 2.57. The van der Waals surface area contributed by atoms with E-state index in [2.05, 4.69) is 16.2 Å². The first kappa shape index (κ1) is 12.4. The lowest BCUT2D eigenvalue weighted by molar-refractivity contribution is 0.131. The molecule has 1 atom stereocenters. The van der Waals surface area contributed by atoms with Gasteiger partial charge in [-0.05, 0) is 12.1 Å². The van der Waals surface area contributed by atoms with E-state index in [1.165, 1.54) is 5.56 Å². The van der Waals surface area contributed by atoms with Gasteiger partial charge in [-0.15, -0.1) is 0 Å². The summed E-state index contributed by atoms with van der Waals surface area (Å²) in [5.41, 5.74) is 2.47. The van der Waals surface area contributed by atoms with Crippen LogP contribution in [-0.2, 0) is 24.9 Å². The normalized spacial score (nSPS) is 19.6. The van der Waals surface area contributed by atoms with Crippen LogP contribution in [0.25, 0.3) is 0 Å². The molecule has 0 fully saturated rings. The summed E-state index contributed by atoms with van der Waals surface area (Å²) < 4.78 is 12.7. The number of nitrogens with zero attached hydrogens (tertiary/aromatic N) is 3. The number of aromatic nitrogens is 2. The summed E-state index contributed by atoms with van der Waals surface area (Å²) in [6.45, 7) is 3.40. The van der Waals surface area contributed by atoms with Crippen molar-refractivity contribution in [1.29, 1.82) is 0 Å². The second-order valence-electron chi connectivity index (χ2n) is 5.11. The van der Waals surface area contributed by atoms with Crippen LogP contribution in [0.4, 0.5) is 0 Å². The van der Waals surface area contributed by atoms with E-state index in [0.717, 1.165) is 37.7 Å². The van der Waals surface area contributed by atoms with Gasteiger partial charge in [0.15, 0.2) is 0 Å². The first-order valence-electron chi connectivity index (χ1n) is 6.52. The minimum atomic E-state index is 0.386. The summed E-state index contributed by atoms with van der Waals surface area (Å²) in [7, 11) is 3.72. The number of methoxy groups -OCH3 is 1. The summed E-state index contributed by atoms with van der Waals surface area (Å²) in [5.74, 6) is 1.38. The highest BCUT2D eigenvalue weighted by Crippen LogP contribution is 2.28. The standard InChI is InChI=1S/C14H19N3O2/c1-16-8-13-11(10-18-2)6-17(9-14(13)15-16)7-12-4-3-5-19-12/h3-5,8,11H,6-7,9-10H2,1-2H3. The lowest BCUT2D eigenvalue weighted by Crippen LogP contribution is -2.34. The van der Waals surface area contributed by atoms with E-state index in [1.54, 1.807) is 13.4 Å². The van der Waals surface area contributed by atoms with Crippen molar-refractivity contribution >= 4 is 0 Å². The van der Waals surface area contributed by atoms with Gasteiger partial charge in [-0.25, -0.2) is 0 Å². The molecule has 0 saturated carbocycles. The largest absolute Gasteiger partial charge is 0.468 e. The van der Waals surface area contributed by atoms with Gasteiger partial charge in [0.2, 0.25) is 0 Å². The highest BCUT2D eigenvalue weighted by molar-refractivity contribution is 5.25. The first-order chi connectivity index (χ1) is 9.26. The van der Waals surface area contributed by atoms with Gasteiger partial charge in [0.25, 0.3) is 0 Å². The van der Waals surface area contributed by atoms with E-state index in [9.17, 15) is 0 Å². The zero-order valence-corrected chi connectivity index (χ0v) is 11.4. The Bertz CT molecular complexity index is 533. The van der Waals surface area contributed by atoms with Gasteiger partial charge in [0.1, 0.15) is 5.76 Å². The number of aryl methyl sites for hydroxylation is 1. The molecule has 0 aliphatic carbocycles. The summed E-state index contributed by atoms with van der Waals surface area (Å²) in [6, 6.07) is 3.94. The molecule has 1 aliphatic rings. The topological polar surface area (TPSA) is 43.4 Å². The SMILES string of the molecule is COCC1CN(Cc2ccco2)Cc2nn(C)cc21. The van der Waals surface area contributed by atoms with E-state index in [0.29, 0.717) is 5.92 Å². The fourth-order valence-electron chi connectivity index (χ4n) is 2.79. The van der Waals surface area contributed by atoms with Crippen LogP contribution in [-0.4, -0.2) is 34.9 Å². The molecule has 0 aromatic carbocycles. The summed E-state index contributed by atoms with van der Waals surface area (Å²) in [5, 5.41) is 4.55. The molecule has 2 aromatic rings. The van der Waals surface area contributed by atoms with Crippen LogP contribution in [0.5, 0.6) is 0 Å². The predicted molar refractivity (Wildman–Crippen MR) is 70.6 cm³/mol. The molecule has 0 saturated heterocycles. The molecule has 0 radical (unpaired) electrons. The number of hydrogen-bond acceptors (Lipinski definition) is 4. The van der Waals surface area contributed by atoms with E-state index < -0.39 is 0 Å². The third-order valence-electron chi connectivity index (χ3n) is 3.56. The van der Waals surface area contributed by atoms with Crippen LogP contribution in [0.15, 0.2) is 29.0 Å². The molecule has 19 heavy (non-hydrogen) atoms. The van der Waals surface area contributed by atoms with Crippen molar-refractivity contribution in [2.75, 3.05) is 20.3 Å². The van der Waals surface area contributed by atoms with Crippen LogP contribution in [0, 0.1) is 0 Å². The molecule has 1 aliphatic heterocycles. The minimum absolute atomic E-state index is 0.386. The Hall–Kier alpha value is -1.59. The van der Waals surface area contributed by atoms with Gasteiger partial charge in [-0.1, -0.05) is 0 Å². The molecule has 0 N–H and O–H groups in total. The number of furan rings is 1. The number of ether oxygens (including phenoxy) is 1. The average Bonchev–Trinajstić information content (AvgIpc) is 2.98. The molecular weight excluding hydrogens is 242 g/mol. The maximum atomic E-state index is 5.43. The fourth-order valence-corrected chi connectivity index (χ4v) is 2.79. The predicted octanol–water partition coefficient (Wildman–Crippen LogP) is 1.76. The van der Waals surface area contributed by atoms with Crippen molar-refractivity contribution in [3.8, 4) is 0 Å². The van der Waals surface area contributed by atoms with Gasteiger partial charge in [-0.3, -0.25) is 9.58 Å². The molecule has 5 nitrogen and oxygen atoms in total. The van der Waals surface area contributed by atoms with E-state index in [-0.39, 0.29) is 0 Å². The lowest BCUT2D eigenvalue weighted by Gasteiger charge is -2.31. The van der Waals surface area contributed by atoms with E-state index >= 15 is 0 Å². The molecule has 3 heterocycles. The van der Waals surface area contributed by atoms with Gasteiger partial charge < -0.3 is 9.15 Å². The smallest absolute Gasteiger partial charge is 0.117 e. The Morgan fingerprint density at radius 3 is 3.16 bits per heavy atom. The molecule has 2 aromatic heterocycles. The number of hydrogen-bond donors (Lipinski definition) is 0. The minimum Gasteiger partial charge on any atom is -0.468 e. The van der Waals surface area contributed by atoms with Crippen molar-refractivity contribution in [3.05, 3.63) is 41.6 Å². The highest BCUT2D eigenvalue weighted by atomic mass is 16.5. The van der Waals surface area contributed by atoms with Crippen LogP contribution >= 0.6 is 0 Å². The summed E-state index contributed by atoms with van der Waals surface area (Å²) in [6.07, 6.45) is 3.83. The van der Waals surface area contributed by atoms with Gasteiger partial charge >= 0.3 is 0 Å². The molecule has 0 spiro atoms. The van der Waals surface area contributed by atoms with Crippen LogP contribution in [0.2, 0.25) is 0 Å². The molecular formula is C14H19N3O2. The molecule has 0 amide bonds. The van der Waals surface area contributed by atoms with Crippen LogP contribution < -0.4 is 0 Å². The Morgan fingerprint density at radius 1 is 1.53 bits per heavy atom. The quantitative estimate of drug-likeness (QED) is 0.841. The zero-order valence-electron chi connectivity index (χ0n) is 11.4. The molecule has 3 rings (SSSR count). The average molecular weight is 261 g/mol. The Morgan fingerprint density at radius 2 is 2.42 bits per heavy atom. The van der Waals surface area contributed by atoms with Gasteiger partial charge in [0.05, 0.1) is 25.1 Å². The van der Waals surface area contributed by atoms with Crippen molar-refractivity contribution < 1.29 is 9.15 Å². The zero-order chi connectivity index (χ0) is 13.2. The molecule has 0 bridgehead atoms.